The first-order chi connectivity index (χ1) is 10.1. The molecular formula is C17H16BrNO2. The van der Waals surface area contributed by atoms with Gasteiger partial charge >= 0.3 is 0 Å². The summed E-state index contributed by atoms with van der Waals surface area (Å²) in [6.45, 7) is 0. The third kappa shape index (κ3) is 3.17. The van der Waals surface area contributed by atoms with E-state index in [0.717, 1.165) is 39.7 Å². The normalized spacial score (nSPS) is 15.8. The molecule has 21 heavy (non-hydrogen) atoms. The fourth-order valence-corrected chi connectivity index (χ4v) is 3.05. The number of halogens is 1. The van der Waals surface area contributed by atoms with Gasteiger partial charge in [-0.15, -0.1) is 0 Å². The van der Waals surface area contributed by atoms with Crippen molar-refractivity contribution in [2.75, 3.05) is 5.32 Å². The number of hydrogen-bond donors (Lipinski definition) is 2. The number of rotatable bonds is 2. The van der Waals surface area contributed by atoms with Gasteiger partial charge in [0.2, 0.25) is 5.91 Å². The molecule has 0 saturated carbocycles. The standard InChI is InChI=1S/C17H16BrNO2/c18-14-5-1-4-12(10-14)17(21)13-7-8-15-11(9-13)3-2-6-16(20)19-15/h1,4-5,7-10,17,21H,2-3,6H2,(H,19,20). The highest BCUT2D eigenvalue weighted by Gasteiger charge is 2.16. The number of aryl methyl sites for hydroxylation is 1. The van der Waals surface area contributed by atoms with E-state index in [1.54, 1.807) is 0 Å². The van der Waals surface area contributed by atoms with E-state index in [0.29, 0.717) is 6.42 Å². The molecule has 3 nitrogen and oxygen atoms in total. The van der Waals surface area contributed by atoms with Crippen LogP contribution in [0, 0.1) is 0 Å². The molecule has 0 aliphatic carbocycles. The van der Waals surface area contributed by atoms with E-state index in [9.17, 15) is 9.90 Å². The van der Waals surface area contributed by atoms with E-state index in [-0.39, 0.29) is 5.91 Å². The highest BCUT2D eigenvalue weighted by Crippen LogP contribution is 2.29. The molecule has 2 aromatic rings. The maximum absolute atomic E-state index is 11.6. The molecule has 0 aromatic heterocycles. The lowest BCUT2D eigenvalue weighted by Crippen LogP contribution is -2.09. The lowest BCUT2D eigenvalue weighted by Gasteiger charge is -2.15. The van der Waals surface area contributed by atoms with Crippen molar-refractivity contribution < 1.29 is 9.90 Å². The van der Waals surface area contributed by atoms with Crippen molar-refractivity contribution in [3.8, 4) is 0 Å². The second-order valence-electron chi connectivity index (χ2n) is 5.28. The van der Waals surface area contributed by atoms with E-state index >= 15 is 0 Å². The zero-order valence-corrected chi connectivity index (χ0v) is 13.1. The summed E-state index contributed by atoms with van der Waals surface area (Å²) in [5.74, 6) is 0.0639. The Balaban J connectivity index is 1.93. The molecule has 2 N–H and O–H groups in total. The summed E-state index contributed by atoms with van der Waals surface area (Å²) >= 11 is 3.42. The molecule has 2 aromatic carbocycles. The van der Waals surface area contributed by atoms with Crippen LogP contribution in [0.5, 0.6) is 0 Å². The van der Waals surface area contributed by atoms with Crippen molar-refractivity contribution in [1.29, 1.82) is 0 Å². The van der Waals surface area contributed by atoms with Crippen LogP contribution in [0.2, 0.25) is 0 Å². The van der Waals surface area contributed by atoms with Gasteiger partial charge in [0.15, 0.2) is 0 Å². The zero-order valence-electron chi connectivity index (χ0n) is 11.5. The van der Waals surface area contributed by atoms with E-state index < -0.39 is 6.10 Å². The van der Waals surface area contributed by atoms with Crippen LogP contribution >= 0.6 is 15.9 Å². The number of nitrogens with one attached hydrogen (secondary N) is 1. The SMILES string of the molecule is O=C1CCCc2cc(C(O)c3cccc(Br)c3)ccc2N1. The van der Waals surface area contributed by atoms with Crippen LogP contribution in [-0.4, -0.2) is 11.0 Å². The molecule has 1 aliphatic heterocycles. The maximum atomic E-state index is 11.6. The average Bonchev–Trinajstić information content (AvgIpc) is 2.66. The van der Waals surface area contributed by atoms with E-state index in [4.69, 9.17) is 0 Å². The Bertz CT molecular complexity index is 684. The second kappa shape index (κ2) is 6.00. The maximum Gasteiger partial charge on any atom is 0.224 e. The number of aliphatic hydroxyl groups is 1. The Morgan fingerprint density at radius 1 is 1.10 bits per heavy atom. The van der Waals surface area contributed by atoms with Gasteiger partial charge in [-0.2, -0.15) is 0 Å². The first-order valence-corrected chi connectivity index (χ1v) is 7.79. The van der Waals surface area contributed by atoms with Crippen molar-refractivity contribution in [1.82, 2.24) is 0 Å². The molecule has 1 amide bonds. The fraction of sp³-hybridized carbons (Fsp3) is 0.235. The summed E-state index contributed by atoms with van der Waals surface area (Å²) < 4.78 is 0.945. The molecule has 1 aliphatic rings. The molecule has 0 spiro atoms. The lowest BCUT2D eigenvalue weighted by molar-refractivity contribution is -0.116. The van der Waals surface area contributed by atoms with Crippen LogP contribution in [-0.2, 0) is 11.2 Å². The molecule has 1 unspecified atom stereocenters. The summed E-state index contributed by atoms with van der Waals surface area (Å²) in [6, 6.07) is 13.4. The molecule has 0 bridgehead atoms. The van der Waals surface area contributed by atoms with Gasteiger partial charge in [-0.1, -0.05) is 40.2 Å². The molecule has 4 heteroatoms. The van der Waals surface area contributed by atoms with E-state index in [2.05, 4.69) is 21.2 Å². The molecule has 108 valence electrons. The monoisotopic (exact) mass is 345 g/mol. The predicted octanol–water partition coefficient (Wildman–Crippen LogP) is 3.81. The van der Waals surface area contributed by atoms with Crippen LogP contribution in [0.4, 0.5) is 5.69 Å². The zero-order chi connectivity index (χ0) is 14.8. The number of carbonyl (C=O) groups is 1. The molecule has 1 atom stereocenters. The van der Waals surface area contributed by atoms with Gasteiger partial charge in [0.25, 0.3) is 0 Å². The largest absolute Gasteiger partial charge is 0.384 e. The van der Waals surface area contributed by atoms with Crippen molar-refractivity contribution >= 4 is 27.5 Å². The van der Waals surface area contributed by atoms with Gasteiger partial charge in [0, 0.05) is 16.6 Å². The van der Waals surface area contributed by atoms with Crippen molar-refractivity contribution in [3.05, 3.63) is 63.6 Å². The smallest absolute Gasteiger partial charge is 0.224 e. The molecule has 0 saturated heterocycles. The van der Waals surface area contributed by atoms with Gasteiger partial charge in [0.1, 0.15) is 6.10 Å². The first kappa shape index (κ1) is 14.3. The number of carbonyl (C=O) groups excluding carboxylic acids is 1. The van der Waals surface area contributed by atoms with Crippen molar-refractivity contribution in [2.24, 2.45) is 0 Å². The van der Waals surface area contributed by atoms with Crippen LogP contribution < -0.4 is 5.32 Å². The third-order valence-electron chi connectivity index (χ3n) is 3.73. The summed E-state index contributed by atoms with van der Waals surface area (Å²) in [6.07, 6.45) is 1.59. The number of fused-ring (bicyclic) bond motifs is 1. The average molecular weight is 346 g/mol. The third-order valence-corrected chi connectivity index (χ3v) is 4.23. The number of hydrogen-bond acceptors (Lipinski definition) is 2. The minimum Gasteiger partial charge on any atom is -0.384 e. The van der Waals surface area contributed by atoms with Crippen molar-refractivity contribution in [2.45, 2.75) is 25.4 Å². The quantitative estimate of drug-likeness (QED) is 0.869. The van der Waals surface area contributed by atoms with E-state index in [1.165, 1.54) is 0 Å². The van der Waals surface area contributed by atoms with Gasteiger partial charge in [-0.25, -0.2) is 0 Å². The van der Waals surface area contributed by atoms with Crippen LogP contribution in [0.1, 0.15) is 35.6 Å². The topological polar surface area (TPSA) is 49.3 Å². The Morgan fingerprint density at radius 3 is 2.71 bits per heavy atom. The Kier molecular flexibility index (Phi) is 4.08. The molecule has 0 radical (unpaired) electrons. The fourth-order valence-electron chi connectivity index (χ4n) is 2.63. The van der Waals surface area contributed by atoms with Crippen LogP contribution in [0.3, 0.4) is 0 Å². The van der Waals surface area contributed by atoms with Gasteiger partial charge in [-0.3, -0.25) is 4.79 Å². The van der Waals surface area contributed by atoms with Gasteiger partial charge < -0.3 is 10.4 Å². The highest BCUT2D eigenvalue weighted by atomic mass is 79.9. The van der Waals surface area contributed by atoms with E-state index in [1.807, 2.05) is 42.5 Å². The number of amides is 1. The van der Waals surface area contributed by atoms with Crippen LogP contribution in [0.25, 0.3) is 0 Å². The number of benzene rings is 2. The second-order valence-corrected chi connectivity index (χ2v) is 6.19. The summed E-state index contributed by atoms with van der Waals surface area (Å²) in [5, 5.41) is 13.4. The molecule has 1 heterocycles. The molecule has 3 rings (SSSR count). The summed E-state index contributed by atoms with van der Waals surface area (Å²) in [7, 11) is 0. The van der Waals surface area contributed by atoms with Crippen molar-refractivity contribution in [3.63, 3.8) is 0 Å². The summed E-state index contributed by atoms with van der Waals surface area (Å²) in [5.41, 5.74) is 3.65. The lowest BCUT2D eigenvalue weighted by atomic mass is 9.97. The number of anilines is 1. The Morgan fingerprint density at radius 2 is 1.90 bits per heavy atom. The van der Waals surface area contributed by atoms with Crippen LogP contribution in [0.15, 0.2) is 46.9 Å². The predicted molar refractivity (Wildman–Crippen MR) is 86.2 cm³/mol. The minimum atomic E-state index is -0.660. The van der Waals surface area contributed by atoms with Gasteiger partial charge in [-0.05, 0) is 47.7 Å². The minimum absolute atomic E-state index is 0.0639. The number of aliphatic hydroxyl groups excluding tert-OH is 1. The molecule has 0 fully saturated rings. The first-order valence-electron chi connectivity index (χ1n) is 7.00. The Hall–Kier alpha value is -1.65. The molecular weight excluding hydrogens is 330 g/mol. The summed E-state index contributed by atoms with van der Waals surface area (Å²) in [4.78, 5) is 11.6. The Labute approximate surface area is 132 Å². The van der Waals surface area contributed by atoms with Gasteiger partial charge in [0.05, 0.1) is 0 Å². The highest BCUT2D eigenvalue weighted by molar-refractivity contribution is 9.10.